The predicted molar refractivity (Wildman–Crippen MR) is 105 cm³/mol. The first-order valence-electron chi connectivity index (χ1n) is 9.13. The number of hydrogen-bond acceptors (Lipinski definition) is 6. The zero-order chi connectivity index (χ0) is 19.6. The highest BCUT2D eigenvalue weighted by Gasteiger charge is 2.25. The van der Waals surface area contributed by atoms with Crippen molar-refractivity contribution in [1.29, 1.82) is 0 Å². The number of aryl methyl sites for hydroxylation is 1. The molecule has 1 atom stereocenters. The van der Waals surface area contributed by atoms with Crippen LogP contribution in [0, 0.1) is 13.8 Å². The molecule has 0 unspecified atom stereocenters. The molecule has 1 aromatic carbocycles. The number of carbonyl (C=O) groups is 1. The van der Waals surface area contributed by atoms with Crippen LogP contribution >= 0.6 is 0 Å². The van der Waals surface area contributed by atoms with E-state index < -0.39 is 0 Å². The van der Waals surface area contributed by atoms with Gasteiger partial charge in [-0.25, -0.2) is 9.97 Å². The Labute approximate surface area is 160 Å². The van der Waals surface area contributed by atoms with Gasteiger partial charge in [0.1, 0.15) is 11.6 Å². The smallest absolute Gasteiger partial charge is 0.291 e. The molecule has 7 nitrogen and oxygen atoms in total. The number of nitrogens with two attached hydrogens (primary N) is 1. The Bertz CT molecular complexity index is 839. The summed E-state index contributed by atoms with van der Waals surface area (Å²) in [6.07, 6.45) is 0.930. The first-order valence-corrected chi connectivity index (χ1v) is 9.13. The van der Waals surface area contributed by atoms with E-state index in [1.165, 1.54) is 0 Å². The van der Waals surface area contributed by atoms with Crippen LogP contribution in [-0.4, -0.2) is 54.1 Å². The fraction of sp³-hybridized carbons (Fsp3) is 0.450. The highest BCUT2D eigenvalue weighted by Crippen LogP contribution is 2.24. The lowest BCUT2D eigenvalue weighted by atomic mass is 10.2. The van der Waals surface area contributed by atoms with E-state index in [2.05, 4.69) is 14.9 Å². The third-order valence-corrected chi connectivity index (χ3v) is 5.03. The Hall–Kier alpha value is -2.67. The van der Waals surface area contributed by atoms with Crippen molar-refractivity contribution in [2.75, 3.05) is 32.1 Å². The molecule has 2 heterocycles. The Kier molecular flexibility index (Phi) is 5.60. The van der Waals surface area contributed by atoms with Crippen molar-refractivity contribution < 1.29 is 9.53 Å². The number of anilines is 1. The van der Waals surface area contributed by atoms with Crippen LogP contribution in [0.25, 0.3) is 0 Å². The maximum atomic E-state index is 13.0. The van der Waals surface area contributed by atoms with E-state index in [4.69, 9.17) is 10.5 Å². The first kappa shape index (κ1) is 19.1. The fourth-order valence-corrected chi connectivity index (χ4v) is 3.33. The molecule has 1 aliphatic rings. The molecular weight excluding hydrogens is 342 g/mol. The predicted octanol–water partition coefficient (Wildman–Crippen LogP) is 1.91. The Balaban J connectivity index is 1.84. The van der Waals surface area contributed by atoms with Crippen molar-refractivity contribution in [3.63, 3.8) is 0 Å². The normalized spacial score (nSPS) is 16.5. The standard InChI is InChI=1S/C20H27N5O2/c1-13-14(2)22-18(23-19(13)25-10-9-16(21)12-25)20(26)24(3)11-15-7-5-6-8-17(15)27-4/h5-8,16H,9-12,21H2,1-4H3/t16-/m1/s1. The molecule has 3 rings (SSSR count). The molecule has 1 fully saturated rings. The lowest BCUT2D eigenvalue weighted by molar-refractivity contribution is 0.0772. The molecule has 27 heavy (non-hydrogen) atoms. The fourth-order valence-electron chi connectivity index (χ4n) is 3.33. The maximum absolute atomic E-state index is 13.0. The summed E-state index contributed by atoms with van der Waals surface area (Å²) < 4.78 is 5.38. The van der Waals surface area contributed by atoms with E-state index in [0.29, 0.717) is 6.54 Å². The highest BCUT2D eigenvalue weighted by atomic mass is 16.5. The first-order chi connectivity index (χ1) is 12.9. The van der Waals surface area contributed by atoms with E-state index >= 15 is 0 Å². The van der Waals surface area contributed by atoms with Gasteiger partial charge in [-0.05, 0) is 26.3 Å². The molecule has 1 amide bonds. The SMILES string of the molecule is COc1ccccc1CN(C)C(=O)c1nc(C)c(C)c(N2CC[C@@H](N)C2)n1. The number of hydrogen-bond donors (Lipinski definition) is 1. The lowest BCUT2D eigenvalue weighted by Gasteiger charge is -2.22. The van der Waals surface area contributed by atoms with Gasteiger partial charge in [0.05, 0.1) is 7.11 Å². The van der Waals surface area contributed by atoms with Crippen molar-refractivity contribution in [2.45, 2.75) is 32.9 Å². The minimum absolute atomic E-state index is 0.145. The van der Waals surface area contributed by atoms with Crippen molar-refractivity contribution >= 4 is 11.7 Å². The second-order valence-electron chi connectivity index (χ2n) is 7.05. The summed E-state index contributed by atoms with van der Waals surface area (Å²) in [5.41, 5.74) is 8.78. The second kappa shape index (κ2) is 7.92. The number of benzene rings is 1. The molecule has 1 aromatic heterocycles. The number of rotatable bonds is 5. The van der Waals surface area contributed by atoms with Crippen molar-refractivity contribution in [1.82, 2.24) is 14.9 Å². The van der Waals surface area contributed by atoms with Gasteiger partial charge < -0.3 is 20.3 Å². The van der Waals surface area contributed by atoms with Crippen LogP contribution in [0.4, 0.5) is 5.82 Å². The van der Waals surface area contributed by atoms with Crippen LogP contribution in [-0.2, 0) is 6.54 Å². The molecule has 1 saturated heterocycles. The summed E-state index contributed by atoms with van der Waals surface area (Å²) in [4.78, 5) is 25.7. The zero-order valence-corrected chi connectivity index (χ0v) is 16.4. The van der Waals surface area contributed by atoms with Gasteiger partial charge in [0.25, 0.3) is 5.91 Å². The molecule has 0 aliphatic carbocycles. The van der Waals surface area contributed by atoms with Crippen LogP contribution in [0.3, 0.4) is 0 Å². The molecule has 1 aliphatic heterocycles. The molecule has 7 heteroatoms. The number of carbonyl (C=O) groups excluding carboxylic acids is 1. The molecule has 0 bridgehead atoms. The summed E-state index contributed by atoms with van der Waals surface area (Å²) >= 11 is 0. The topological polar surface area (TPSA) is 84.6 Å². The number of methoxy groups -OCH3 is 1. The van der Waals surface area contributed by atoms with Gasteiger partial charge in [-0.1, -0.05) is 18.2 Å². The average Bonchev–Trinajstić information content (AvgIpc) is 3.09. The summed E-state index contributed by atoms with van der Waals surface area (Å²) in [6, 6.07) is 7.81. The van der Waals surface area contributed by atoms with E-state index in [9.17, 15) is 4.79 Å². The number of nitrogens with zero attached hydrogens (tertiary/aromatic N) is 4. The van der Waals surface area contributed by atoms with Crippen LogP contribution < -0.4 is 15.4 Å². The van der Waals surface area contributed by atoms with Crippen LogP contribution in [0.15, 0.2) is 24.3 Å². The number of ether oxygens (including phenoxy) is 1. The third-order valence-electron chi connectivity index (χ3n) is 5.03. The minimum Gasteiger partial charge on any atom is -0.496 e. The largest absolute Gasteiger partial charge is 0.496 e. The lowest BCUT2D eigenvalue weighted by Crippen LogP contribution is -2.31. The van der Waals surface area contributed by atoms with Crippen molar-refractivity contribution in [3.8, 4) is 5.75 Å². The monoisotopic (exact) mass is 369 g/mol. The molecular formula is C20H27N5O2. The highest BCUT2D eigenvalue weighted by molar-refractivity contribution is 5.91. The summed E-state index contributed by atoms with van der Waals surface area (Å²) in [5.74, 6) is 1.56. The third kappa shape index (κ3) is 4.03. The molecule has 2 aromatic rings. The maximum Gasteiger partial charge on any atom is 0.291 e. The Morgan fingerprint density at radius 3 is 2.74 bits per heavy atom. The van der Waals surface area contributed by atoms with E-state index in [-0.39, 0.29) is 17.8 Å². The van der Waals surface area contributed by atoms with Gasteiger partial charge in [0.2, 0.25) is 5.82 Å². The van der Waals surface area contributed by atoms with Crippen molar-refractivity contribution in [2.24, 2.45) is 5.73 Å². The average molecular weight is 369 g/mol. The van der Waals surface area contributed by atoms with Crippen LogP contribution in [0.2, 0.25) is 0 Å². The van der Waals surface area contributed by atoms with Gasteiger partial charge in [-0.3, -0.25) is 4.79 Å². The van der Waals surface area contributed by atoms with Crippen LogP contribution in [0.5, 0.6) is 5.75 Å². The summed E-state index contributed by atoms with van der Waals surface area (Å²) in [6.45, 7) is 5.92. The van der Waals surface area contributed by atoms with E-state index in [1.807, 2.05) is 38.1 Å². The summed E-state index contributed by atoms with van der Waals surface area (Å²) in [7, 11) is 3.37. The number of amides is 1. The Morgan fingerprint density at radius 1 is 1.33 bits per heavy atom. The number of para-hydroxylation sites is 1. The van der Waals surface area contributed by atoms with Gasteiger partial charge in [-0.15, -0.1) is 0 Å². The minimum atomic E-state index is -0.214. The zero-order valence-electron chi connectivity index (χ0n) is 16.4. The Morgan fingerprint density at radius 2 is 2.07 bits per heavy atom. The van der Waals surface area contributed by atoms with E-state index in [0.717, 1.165) is 47.9 Å². The second-order valence-corrected chi connectivity index (χ2v) is 7.05. The molecule has 2 N–H and O–H groups in total. The van der Waals surface area contributed by atoms with E-state index in [1.54, 1.807) is 19.1 Å². The van der Waals surface area contributed by atoms with Gasteiger partial charge in [0.15, 0.2) is 0 Å². The number of aromatic nitrogens is 2. The molecule has 144 valence electrons. The summed E-state index contributed by atoms with van der Waals surface area (Å²) in [5, 5.41) is 0. The van der Waals surface area contributed by atoms with Gasteiger partial charge >= 0.3 is 0 Å². The van der Waals surface area contributed by atoms with Crippen LogP contribution in [0.1, 0.15) is 33.9 Å². The quantitative estimate of drug-likeness (QED) is 0.867. The van der Waals surface area contributed by atoms with Crippen molar-refractivity contribution in [3.05, 3.63) is 46.9 Å². The van der Waals surface area contributed by atoms with Gasteiger partial charge in [0, 0.05) is 49.5 Å². The molecule has 0 saturated carbocycles. The molecule has 0 radical (unpaired) electrons. The van der Waals surface area contributed by atoms with Gasteiger partial charge in [-0.2, -0.15) is 0 Å². The molecule has 0 spiro atoms.